The van der Waals surface area contributed by atoms with Crippen LogP contribution in [0.2, 0.25) is 10.0 Å². The molecule has 2 N–H and O–H groups in total. The van der Waals surface area contributed by atoms with Gasteiger partial charge in [0.05, 0.1) is 27.5 Å². The topological polar surface area (TPSA) is 75.1 Å². The summed E-state index contributed by atoms with van der Waals surface area (Å²) < 4.78 is 32.0. The molecule has 1 aromatic carbocycles. The van der Waals surface area contributed by atoms with Crippen molar-refractivity contribution in [3.8, 4) is 0 Å². The molecule has 0 aliphatic carbocycles. The van der Waals surface area contributed by atoms with Gasteiger partial charge in [-0.15, -0.1) is 0 Å². The van der Waals surface area contributed by atoms with Gasteiger partial charge in [-0.2, -0.15) is 8.42 Å². The number of aromatic nitrogens is 1. The lowest BCUT2D eigenvalue weighted by Gasteiger charge is -2.07. The average molecular weight is 345 g/mol. The van der Waals surface area contributed by atoms with E-state index in [4.69, 9.17) is 27.6 Å². The molecule has 0 bridgehead atoms. The summed E-state index contributed by atoms with van der Waals surface area (Å²) in [6.45, 7) is 1.74. The Morgan fingerprint density at radius 2 is 2.00 bits per heavy atom. The van der Waals surface area contributed by atoms with Crippen LogP contribution >= 0.6 is 23.2 Å². The van der Waals surface area contributed by atoms with Crippen LogP contribution < -0.4 is 4.72 Å². The Morgan fingerprint density at radius 3 is 2.67 bits per heavy atom. The summed E-state index contributed by atoms with van der Waals surface area (Å²) in [7, 11) is -3.81. The van der Waals surface area contributed by atoms with Gasteiger partial charge in [-0.05, 0) is 24.6 Å². The maximum absolute atomic E-state index is 12.3. The number of hydrogen-bond donors (Lipinski definition) is 2. The molecule has 3 aromatic rings. The molecular formula is C13H10Cl2N2O3S. The van der Waals surface area contributed by atoms with E-state index in [2.05, 4.69) is 9.71 Å². The fourth-order valence-electron chi connectivity index (χ4n) is 1.99. The molecule has 0 amide bonds. The van der Waals surface area contributed by atoms with Crippen molar-refractivity contribution in [2.75, 3.05) is 4.72 Å². The SMILES string of the molecule is Cc1coc(S(=O)(=O)Nc2ccc(Cl)c3c(Cl)c[nH]c23)c1. The highest BCUT2D eigenvalue weighted by molar-refractivity contribution is 7.92. The van der Waals surface area contributed by atoms with Gasteiger partial charge in [-0.3, -0.25) is 4.72 Å². The summed E-state index contributed by atoms with van der Waals surface area (Å²) in [5.41, 5.74) is 1.58. The van der Waals surface area contributed by atoms with Crippen LogP contribution in [-0.2, 0) is 10.0 Å². The Balaban J connectivity index is 2.08. The second kappa shape index (κ2) is 4.98. The lowest BCUT2D eigenvalue weighted by molar-refractivity contribution is 0.451. The predicted molar refractivity (Wildman–Crippen MR) is 82.6 cm³/mol. The number of halogens is 2. The zero-order chi connectivity index (χ0) is 15.2. The van der Waals surface area contributed by atoms with Crippen LogP contribution in [0.4, 0.5) is 5.69 Å². The molecule has 2 heterocycles. The second-order valence-corrected chi connectivity index (χ2v) is 6.96. The summed E-state index contributed by atoms with van der Waals surface area (Å²) in [5, 5.41) is 1.27. The third-order valence-corrected chi connectivity index (χ3v) is 4.80. The molecule has 0 aliphatic rings. The van der Waals surface area contributed by atoms with E-state index in [1.807, 2.05) is 0 Å². The van der Waals surface area contributed by atoms with Gasteiger partial charge in [0.15, 0.2) is 0 Å². The molecular weight excluding hydrogens is 335 g/mol. The molecule has 5 nitrogen and oxygen atoms in total. The standard InChI is InChI=1S/C13H10Cl2N2O3S/c1-7-4-11(20-6-7)21(18,19)17-10-3-2-8(14)12-9(15)5-16-13(10)12/h2-6,16-17H,1H3. The molecule has 0 unspecified atom stereocenters. The summed E-state index contributed by atoms with van der Waals surface area (Å²) in [6, 6.07) is 4.58. The summed E-state index contributed by atoms with van der Waals surface area (Å²) in [5.74, 6) is 0. The number of aromatic amines is 1. The summed E-state index contributed by atoms with van der Waals surface area (Å²) in [4.78, 5) is 2.90. The smallest absolute Gasteiger partial charge is 0.295 e. The van der Waals surface area contributed by atoms with E-state index >= 15 is 0 Å². The molecule has 2 aromatic heterocycles. The predicted octanol–water partition coefficient (Wildman–Crippen LogP) is 4.18. The maximum Gasteiger partial charge on any atom is 0.295 e. The number of aryl methyl sites for hydroxylation is 1. The van der Waals surface area contributed by atoms with Crippen LogP contribution in [0.15, 0.2) is 40.2 Å². The van der Waals surface area contributed by atoms with E-state index in [0.29, 0.717) is 26.6 Å². The normalized spacial score (nSPS) is 12.0. The first-order chi connectivity index (χ1) is 9.88. The molecule has 21 heavy (non-hydrogen) atoms. The number of furan rings is 1. The highest BCUT2D eigenvalue weighted by Crippen LogP contribution is 2.35. The lowest BCUT2D eigenvalue weighted by atomic mass is 10.2. The fraction of sp³-hybridized carbons (Fsp3) is 0.0769. The van der Waals surface area contributed by atoms with Crippen LogP contribution in [-0.4, -0.2) is 13.4 Å². The molecule has 0 saturated heterocycles. The molecule has 0 fully saturated rings. The molecule has 3 rings (SSSR count). The molecule has 110 valence electrons. The van der Waals surface area contributed by atoms with Crippen molar-refractivity contribution in [2.24, 2.45) is 0 Å². The minimum atomic E-state index is -3.81. The molecule has 0 aliphatic heterocycles. The van der Waals surface area contributed by atoms with Gasteiger partial charge in [-0.25, -0.2) is 0 Å². The van der Waals surface area contributed by atoms with Crippen LogP contribution in [0.25, 0.3) is 10.9 Å². The lowest BCUT2D eigenvalue weighted by Crippen LogP contribution is -2.12. The van der Waals surface area contributed by atoms with Gasteiger partial charge >= 0.3 is 0 Å². The maximum atomic E-state index is 12.3. The van der Waals surface area contributed by atoms with Crippen LogP contribution in [0.1, 0.15) is 5.56 Å². The molecule has 8 heteroatoms. The zero-order valence-electron chi connectivity index (χ0n) is 10.8. The van der Waals surface area contributed by atoms with Crippen molar-refractivity contribution in [3.63, 3.8) is 0 Å². The van der Waals surface area contributed by atoms with Crippen molar-refractivity contribution in [2.45, 2.75) is 12.0 Å². The highest BCUT2D eigenvalue weighted by atomic mass is 35.5. The number of anilines is 1. The van der Waals surface area contributed by atoms with Crippen LogP contribution in [0.3, 0.4) is 0 Å². The second-order valence-electron chi connectivity index (χ2n) is 4.53. The molecule has 0 spiro atoms. The van der Waals surface area contributed by atoms with E-state index in [1.54, 1.807) is 25.3 Å². The molecule has 0 radical (unpaired) electrons. The van der Waals surface area contributed by atoms with Crippen LogP contribution in [0.5, 0.6) is 0 Å². The van der Waals surface area contributed by atoms with Crippen molar-refractivity contribution < 1.29 is 12.8 Å². The highest BCUT2D eigenvalue weighted by Gasteiger charge is 2.20. The third kappa shape index (κ3) is 2.50. The Hall–Kier alpha value is -1.63. The third-order valence-electron chi connectivity index (χ3n) is 2.95. The Morgan fingerprint density at radius 1 is 1.24 bits per heavy atom. The number of hydrogen-bond acceptors (Lipinski definition) is 3. The molecule has 0 atom stereocenters. The van der Waals surface area contributed by atoms with Gasteiger partial charge < -0.3 is 9.40 Å². The molecule has 0 saturated carbocycles. The van der Waals surface area contributed by atoms with Crippen molar-refractivity contribution in [1.82, 2.24) is 4.98 Å². The summed E-state index contributed by atoms with van der Waals surface area (Å²) >= 11 is 12.1. The Labute approximate surface area is 130 Å². The number of fused-ring (bicyclic) bond motifs is 1. The largest absolute Gasteiger partial charge is 0.451 e. The first kappa shape index (κ1) is 14.3. The van der Waals surface area contributed by atoms with E-state index < -0.39 is 10.0 Å². The zero-order valence-corrected chi connectivity index (χ0v) is 13.1. The summed E-state index contributed by atoms with van der Waals surface area (Å²) in [6.07, 6.45) is 2.92. The number of sulfonamides is 1. The van der Waals surface area contributed by atoms with Gasteiger partial charge in [0.25, 0.3) is 10.0 Å². The van der Waals surface area contributed by atoms with E-state index in [0.717, 1.165) is 5.56 Å². The monoisotopic (exact) mass is 344 g/mol. The first-order valence-electron chi connectivity index (χ1n) is 5.91. The van der Waals surface area contributed by atoms with Crippen molar-refractivity contribution in [1.29, 1.82) is 0 Å². The number of nitrogens with one attached hydrogen (secondary N) is 2. The quantitative estimate of drug-likeness (QED) is 0.748. The van der Waals surface area contributed by atoms with Gasteiger partial charge in [0.1, 0.15) is 0 Å². The van der Waals surface area contributed by atoms with Crippen molar-refractivity contribution in [3.05, 3.63) is 46.3 Å². The van der Waals surface area contributed by atoms with Gasteiger partial charge in [0, 0.05) is 17.6 Å². The van der Waals surface area contributed by atoms with E-state index in [1.165, 1.54) is 12.3 Å². The van der Waals surface area contributed by atoms with Gasteiger partial charge in [-0.1, -0.05) is 23.2 Å². The number of H-pyrrole nitrogens is 1. The van der Waals surface area contributed by atoms with Crippen LogP contribution in [0, 0.1) is 6.92 Å². The first-order valence-corrected chi connectivity index (χ1v) is 8.15. The number of benzene rings is 1. The fourth-order valence-corrected chi connectivity index (χ4v) is 3.63. The minimum Gasteiger partial charge on any atom is -0.451 e. The minimum absolute atomic E-state index is 0.152. The number of rotatable bonds is 3. The Bertz CT molecular complexity index is 928. The van der Waals surface area contributed by atoms with E-state index in [-0.39, 0.29) is 5.09 Å². The Kier molecular flexibility index (Phi) is 3.39. The van der Waals surface area contributed by atoms with E-state index in [9.17, 15) is 8.42 Å². The van der Waals surface area contributed by atoms with Crippen molar-refractivity contribution >= 4 is 49.8 Å². The average Bonchev–Trinajstić information content (AvgIpc) is 3.00. The van der Waals surface area contributed by atoms with Gasteiger partial charge in [0.2, 0.25) is 5.09 Å².